The summed E-state index contributed by atoms with van der Waals surface area (Å²) in [5, 5.41) is 3.58. The van der Waals surface area contributed by atoms with Crippen molar-refractivity contribution in [2.45, 2.75) is 25.7 Å². The van der Waals surface area contributed by atoms with Crippen LogP contribution in [0, 0.1) is 0 Å². The predicted molar refractivity (Wildman–Crippen MR) is 86.4 cm³/mol. The summed E-state index contributed by atoms with van der Waals surface area (Å²) in [6, 6.07) is 5.21. The first kappa shape index (κ1) is 15.8. The van der Waals surface area contributed by atoms with Crippen LogP contribution in [0.25, 0.3) is 0 Å². The summed E-state index contributed by atoms with van der Waals surface area (Å²) in [5.41, 5.74) is 0.632. The Kier molecular flexibility index (Phi) is 6.33. The third-order valence-corrected chi connectivity index (χ3v) is 4.45. The van der Waals surface area contributed by atoms with Crippen LogP contribution in [0.4, 0.5) is 0 Å². The first-order valence-electron chi connectivity index (χ1n) is 7.12. The molecule has 1 heterocycles. The lowest BCUT2D eigenvalue weighted by molar-refractivity contribution is 0.0950. The molecule has 1 amide bonds. The number of amides is 1. The standard InChI is InChI=1S/C15H20BrClN2O/c16-14-11-12(17)5-6-13(14)15(20)18-7-4-10-19-8-2-1-3-9-19/h5-6,11H,1-4,7-10H2,(H,18,20). The molecular formula is C15H20BrClN2O. The highest BCUT2D eigenvalue weighted by Crippen LogP contribution is 2.21. The molecule has 0 atom stereocenters. The van der Waals surface area contributed by atoms with Gasteiger partial charge in [-0.25, -0.2) is 0 Å². The lowest BCUT2D eigenvalue weighted by Crippen LogP contribution is -2.33. The SMILES string of the molecule is O=C(NCCCN1CCCCC1)c1ccc(Cl)cc1Br. The van der Waals surface area contributed by atoms with Gasteiger partial charge in [0.15, 0.2) is 0 Å². The van der Waals surface area contributed by atoms with Crippen LogP contribution in [0.3, 0.4) is 0 Å². The minimum Gasteiger partial charge on any atom is -0.352 e. The van der Waals surface area contributed by atoms with E-state index in [-0.39, 0.29) is 5.91 Å². The van der Waals surface area contributed by atoms with Crippen LogP contribution in [0.15, 0.2) is 22.7 Å². The normalized spacial score (nSPS) is 16.1. The van der Waals surface area contributed by atoms with Crippen molar-refractivity contribution in [3.8, 4) is 0 Å². The monoisotopic (exact) mass is 358 g/mol. The molecule has 1 aromatic rings. The maximum absolute atomic E-state index is 12.0. The van der Waals surface area contributed by atoms with Crippen LogP contribution >= 0.6 is 27.5 Å². The summed E-state index contributed by atoms with van der Waals surface area (Å²) < 4.78 is 0.735. The molecule has 1 N–H and O–H groups in total. The van der Waals surface area contributed by atoms with E-state index in [2.05, 4.69) is 26.1 Å². The maximum Gasteiger partial charge on any atom is 0.252 e. The van der Waals surface area contributed by atoms with Crippen molar-refractivity contribution in [2.24, 2.45) is 0 Å². The third kappa shape index (κ3) is 4.76. The Morgan fingerprint density at radius 1 is 1.30 bits per heavy atom. The largest absolute Gasteiger partial charge is 0.352 e. The molecule has 0 bridgehead atoms. The minimum atomic E-state index is -0.0489. The molecule has 1 aliphatic rings. The smallest absolute Gasteiger partial charge is 0.252 e. The Morgan fingerprint density at radius 2 is 2.05 bits per heavy atom. The molecule has 2 rings (SSSR count). The van der Waals surface area contributed by atoms with E-state index in [0.29, 0.717) is 17.1 Å². The molecule has 3 nitrogen and oxygen atoms in total. The Balaban J connectivity index is 1.72. The Morgan fingerprint density at radius 3 is 2.75 bits per heavy atom. The Bertz CT molecular complexity index is 461. The summed E-state index contributed by atoms with van der Waals surface area (Å²) >= 11 is 9.23. The molecule has 20 heavy (non-hydrogen) atoms. The molecule has 5 heteroatoms. The number of benzene rings is 1. The molecule has 1 saturated heterocycles. The summed E-state index contributed by atoms with van der Waals surface area (Å²) in [6.07, 6.45) is 4.98. The summed E-state index contributed by atoms with van der Waals surface area (Å²) in [4.78, 5) is 14.5. The topological polar surface area (TPSA) is 32.3 Å². The van der Waals surface area contributed by atoms with Gasteiger partial charge in [-0.15, -0.1) is 0 Å². The second-order valence-corrected chi connectivity index (χ2v) is 6.43. The van der Waals surface area contributed by atoms with Gasteiger partial charge in [0, 0.05) is 16.0 Å². The summed E-state index contributed by atoms with van der Waals surface area (Å²) in [6.45, 7) is 4.19. The Hall–Kier alpha value is -0.580. The van der Waals surface area contributed by atoms with E-state index >= 15 is 0 Å². The highest BCUT2D eigenvalue weighted by atomic mass is 79.9. The van der Waals surface area contributed by atoms with E-state index < -0.39 is 0 Å². The lowest BCUT2D eigenvalue weighted by Gasteiger charge is -2.26. The average Bonchev–Trinajstić information content (AvgIpc) is 2.44. The number of likely N-dealkylation sites (tertiary alicyclic amines) is 1. The van der Waals surface area contributed by atoms with Crippen molar-refractivity contribution in [1.29, 1.82) is 0 Å². The van der Waals surface area contributed by atoms with Gasteiger partial charge in [0.1, 0.15) is 0 Å². The van der Waals surface area contributed by atoms with Crippen LogP contribution in [0.5, 0.6) is 0 Å². The van der Waals surface area contributed by atoms with E-state index in [0.717, 1.165) is 17.4 Å². The first-order chi connectivity index (χ1) is 9.66. The molecular weight excluding hydrogens is 340 g/mol. The van der Waals surface area contributed by atoms with Gasteiger partial charge in [0.25, 0.3) is 5.91 Å². The second kappa shape index (κ2) is 8.01. The van der Waals surface area contributed by atoms with Gasteiger partial charge in [0.05, 0.1) is 5.56 Å². The van der Waals surface area contributed by atoms with Gasteiger partial charge in [-0.1, -0.05) is 18.0 Å². The van der Waals surface area contributed by atoms with Crippen molar-refractivity contribution in [2.75, 3.05) is 26.2 Å². The molecule has 0 aromatic heterocycles. The number of halogens is 2. The average molecular weight is 360 g/mol. The van der Waals surface area contributed by atoms with E-state index in [4.69, 9.17) is 11.6 Å². The molecule has 0 saturated carbocycles. The van der Waals surface area contributed by atoms with E-state index in [1.165, 1.54) is 32.4 Å². The number of nitrogens with one attached hydrogen (secondary N) is 1. The van der Waals surface area contributed by atoms with Crippen LogP contribution in [0.2, 0.25) is 5.02 Å². The molecule has 0 aliphatic carbocycles. The number of hydrogen-bond donors (Lipinski definition) is 1. The second-order valence-electron chi connectivity index (χ2n) is 5.14. The summed E-state index contributed by atoms with van der Waals surface area (Å²) in [7, 11) is 0. The fourth-order valence-corrected chi connectivity index (χ4v) is 3.32. The minimum absolute atomic E-state index is 0.0489. The molecule has 1 aromatic carbocycles. The van der Waals surface area contributed by atoms with Crippen molar-refractivity contribution in [3.63, 3.8) is 0 Å². The van der Waals surface area contributed by atoms with Crippen molar-refractivity contribution in [1.82, 2.24) is 10.2 Å². The number of nitrogens with zero attached hydrogens (tertiary/aromatic N) is 1. The zero-order valence-corrected chi connectivity index (χ0v) is 13.8. The van der Waals surface area contributed by atoms with Crippen LogP contribution in [-0.2, 0) is 0 Å². The van der Waals surface area contributed by atoms with Gasteiger partial charge in [-0.3, -0.25) is 4.79 Å². The highest BCUT2D eigenvalue weighted by molar-refractivity contribution is 9.10. The van der Waals surface area contributed by atoms with Gasteiger partial charge >= 0.3 is 0 Å². The fraction of sp³-hybridized carbons (Fsp3) is 0.533. The van der Waals surface area contributed by atoms with Gasteiger partial charge in [-0.2, -0.15) is 0 Å². The van der Waals surface area contributed by atoms with Crippen molar-refractivity contribution < 1.29 is 4.79 Å². The van der Waals surface area contributed by atoms with E-state index in [1.54, 1.807) is 18.2 Å². The van der Waals surface area contributed by atoms with Gasteiger partial charge < -0.3 is 10.2 Å². The third-order valence-electron chi connectivity index (χ3n) is 3.56. The van der Waals surface area contributed by atoms with E-state index in [9.17, 15) is 4.79 Å². The quantitative estimate of drug-likeness (QED) is 0.813. The Labute approximate surface area is 133 Å². The highest BCUT2D eigenvalue weighted by Gasteiger charge is 2.11. The number of hydrogen-bond acceptors (Lipinski definition) is 2. The number of carbonyl (C=O) groups excluding carboxylic acids is 1. The molecule has 1 aliphatic heterocycles. The zero-order chi connectivity index (χ0) is 14.4. The van der Waals surface area contributed by atoms with Crippen molar-refractivity contribution in [3.05, 3.63) is 33.3 Å². The fourth-order valence-electron chi connectivity index (χ4n) is 2.46. The zero-order valence-electron chi connectivity index (χ0n) is 11.5. The van der Waals surface area contributed by atoms with Gasteiger partial charge in [-0.05, 0) is 73.0 Å². The van der Waals surface area contributed by atoms with Crippen LogP contribution in [-0.4, -0.2) is 37.0 Å². The molecule has 0 spiro atoms. The molecule has 110 valence electrons. The van der Waals surface area contributed by atoms with Gasteiger partial charge in [0.2, 0.25) is 0 Å². The van der Waals surface area contributed by atoms with Crippen molar-refractivity contribution >= 4 is 33.4 Å². The van der Waals surface area contributed by atoms with Crippen LogP contribution < -0.4 is 5.32 Å². The van der Waals surface area contributed by atoms with E-state index in [1.807, 2.05) is 0 Å². The number of rotatable bonds is 5. The molecule has 0 unspecified atom stereocenters. The lowest BCUT2D eigenvalue weighted by atomic mass is 10.1. The molecule has 1 fully saturated rings. The number of carbonyl (C=O) groups is 1. The van der Waals surface area contributed by atoms with Crippen LogP contribution in [0.1, 0.15) is 36.0 Å². The molecule has 0 radical (unpaired) electrons. The maximum atomic E-state index is 12.0. The predicted octanol–water partition coefficient (Wildman–Crippen LogP) is 3.71. The first-order valence-corrected chi connectivity index (χ1v) is 8.29. The summed E-state index contributed by atoms with van der Waals surface area (Å²) in [5.74, 6) is -0.0489. The number of piperidine rings is 1.